The van der Waals surface area contributed by atoms with E-state index in [2.05, 4.69) is 15.3 Å². The van der Waals surface area contributed by atoms with E-state index in [1.807, 2.05) is 0 Å². The molecule has 1 aliphatic heterocycles. The van der Waals surface area contributed by atoms with Gasteiger partial charge in [0.2, 0.25) is 0 Å². The Hall–Kier alpha value is -0.910. The molecule has 2 heterocycles. The van der Waals surface area contributed by atoms with Crippen LogP contribution in [-0.2, 0) is 6.42 Å². The first-order valence-corrected chi connectivity index (χ1v) is 6.29. The van der Waals surface area contributed by atoms with Crippen LogP contribution in [0.4, 0.5) is 8.78 Å². The van der Waals surface area contributed by atoms with E-state index in [4.69, 9.17) is 0 Å². The van der Waals surface area contributed by atoms with Crippen LogP contribution in [-0.4, -0.2) is 22.6 Å². The van der Waals surface area contributed by atoms with E-state index in [0.717, 1.165) is 37.3 Å². The summed E-state index contributed by atoms with van der Waals surface area (Å²) in [5.74, 6) is -0.903. The fourth-order valence-electron chi connectivity index (χ4n) is 2.49. The second-order valence-corrected chi connectivity index (χ2v) is 4.82. The Labute approximate surface area is 128 Å². The highest BCUT2D eigenvalue weighted by molar-refractivity contribution is 5.85. The summed E-state index contributed by atoms with van der Waals surface area (Å²) < 4.78 is 26.2. The first-order chi connectivity index (χ1) is 8.72. The van der Waals surface area contributed by atoms with E-state index in [9.17, 15) is 8.78 Å². The average molecular weight is 324 g/mol. The van der Waals surface area contributed by atoms with Gasteiger partial charge in [-0.3, -0.25) is 0 Å². The van der Waals surface area contributed by atoms with Crippen LogP contribution < -0.4 is 5.32 Å². The van der Waals surface area contributed by atoms with Crippen LogP contribution in [0.5, 0.6) is 0 Å². The molecule has 0 radical (unpaired) electrons. The lowest BCUT2D eigenvalue weighted by Crippen LogP contribution is -2.35. The number of nitrogens with one attached hydrogen (secondary N) is 2. The third-order valence-electron chi connectivity index (χ3n) is 3.43. The second-order valence-electron chi connectivity index (χ2n) is 4.82. The Kier molecular flexibility index (Phi) is 6.17. The molecule has 1 aliphatic rings. The Morgan fingerprint density at radius 2 is 1.90 bits per heavy atom. The minimum atomic E-state index is -0.851. The molecule has 1 aromatic heterocycles. The van der Waals surface area contributed by atoms with E-state index in [-0.39, 0.29) is 24.8 Å². The van der Waals surface area contributed by atoms with E-state index in [1.54, 1.807) is 0 Å². The van der Waals surface area contributed by atoms with Crippen molar-refractivity contribution < 1.29 is 8.78 Å². The van der Waals surface area contributed by atoms with Crippen LogP contribution in [0.3, 0.4) is 0 Å². The van der Waals surface area contributed by atoms with E-state index < -0.39 is 11.6 Å². The summed E-state index contributed by atoms with van der Waals surface area (Å²) in [7, 11) is 0. The van der Waals surface area contributed by atoms with Gasteiger partial charge in [-0.15, -0.1) is 24.8 Å². The molecule has 0 aliphatic carbocycles. The lowest BCUT2D eigenvalue weighted by atomic mass is 10.0. The van der Waals surface area contributed by atoms with Gasteiger partial charge >= 0.3 is 0 Å². The first-order valence-electron chi connectivity index (χ1n) is 6.29. The summed E-state index contributed by atoms with van der Waals surface area (Å²) in [6.45, 7) is 1.04. The summed E-state index contributed by atoms with van der Waals surface area (Å²) in [5.41, 5.74) is 1.04. The highest BCUT2D eigenvalue weighted by atomic mass is 35.5. The summed E-state index contributed by atoms with van der Waals surface area (Å²) >= 11 is 0. The van der Waals surface area contributed by atoms with Gasteiger partial charge in [0.25, 0.3) is 0 Å². The summed E-state index contributed by atoms with van der Waals surface area (Å²) in [4.78, 5) is 7.36. The van der Waals surface area contributed by atoms with Crippen molar-refractivity contribution in [1.82, 2.24) is 15.3 Å². The number of rotatable bonds is 2. The number of aromatic amines is 1. The van der Waals surface area contributed by atoms with Gasteiger partial charge in [0.15, 0.2) is 11.6 Å². The van der Waals surface area contributed by atoms with Crippen molar-refractivity contribution in [2.24, 2.45) is 0 Å². The number of aromatic nitrogens is 2. The van der Waals surface area contributed by atoms with Crippen LogP contribution in [0.2, 0.25) is 0 Å². The third-order valence-corrected chi connectivity index (χ3v) is 3.43. The topological polar surface area (TPSA) is 40.7 Å². The van der Waals surface area contributed by atoms with Gasteiger partial charge in [-0.1, -0.05) is 6.42 Å². The number of H-pyrrole nitrogens is 1. The molecule has 2 N–H and O–H groups in total. The molecule has 1 saturated heterocycles. The molecule has 1 aromatic carbocycles. The average Bonchev–Trinajstić information content (AvgIpc) is 2.72. The molecule has 1 fully saturated rings. The maximum Gasteiger partial charge on any atom is 0.161 e. The predicted molar refractivity (Wildman–Crippen MR) is 79.9 cm³/mol. The van der Waals surface area contributed by atoms with Gasteiger partial charge in [-0.25, -0.2) is 13.8 Å². The molecule has 0 amide bonds. The van der Waals surface area contributed by atoms with E-state index in [0.29, 0.717) is 17.1 Å². The highest BCUT2D eigenvalue weighted by Crippen LogP contribution is 2.18. The molecule has 2 aromatic rings. The van der Waals surface area contributed by atoms with E-state index in [1.165, 1.54) is 12.8 Å². The molecule has 1 atom stereocenters. The molecule has 0 bridgehead atoms. The van der Waals surface area contributed by atoms with Crippen molar-refractivity contribution in [3.05, 3.63) is 29.6 Å². The van der Waals surface area contributed by atoms with Crippen molar-refractivity contribution in [3.63, 3.8) is 0 Å². The van der Waals surface area contributed by atoms with Gasteiger partial charge in [0.05, 0.1) is 11.0 Å². The van der Waals surface area contributed by atoms with Gasteiger partial charge in [0.1, 0.15) is 5.82 Å². The molecule has 1 unspecified atom stereocenters. The molecule has 3 rings (SSSR count). The standard InChI is InChI=1S/C13H15F2N3.2ClH/c14-9-6-11-12(7-10(9)15)18-13(17-11)5-8-3-1-2-4-16-8;;/h6-8,16H,1-5H2,(H,17,18);2*1H. The van der Waals surface area contributed by atoms with Gasteiger partial charge in [0, 0.05) is 24.6 Å². The van der Waals surface area contributed by atoms with Gasteiger partial charge in [-0.05, 0) is 19.4 Å². The Balaban J connectivity index is 0.000001000. The molecule has 112 valence electrons. The number of benzene rings is 1. The van der Waals surface area contributed by atoms with Crippen LogP contribution in [0, 0.1) is 11.6 Å². The van der Waals surface area contributed by atoms with Crippen molar-refractivity contribution in [3.8, 4) is 0 Å². The number of imidazole rings is 1. The maximum absolute atomic E-state index is 13.1. The Bertz CT molecular complexity index is 529. The molecular weight excluding hydrogens is 307 g/mol. The quantitative estimate of drug-likeness (QED) is 0.889. The lowest BCUT2D eigenvalue weighted by Gasteiger charge is -2.22. The zero-order valence-corrected chi connectivity index (χ0v) is 12.4. The van der Waals surface area contributed by atoms with Gasteiger partial charge in [-0.2, -0.15) is 0 Å². The maximum atomic E-state index is 13.1. The van der Waals surface area contributed by atoms with Crippen molar-refractivity contribution >= 4 is 35.8 Å². The largest absolute Gasteiger partial charge is 0.342 e. The fraction of sp³-hybridized carbons (Fsp3) is 0.462. The van der Waals surface area contributed by atoms with Crippen LogP contribution >= 0.6 is 24.8 Å². The molecular formula is C13H17Cl2F2N3. The zero-order valence-electron chi connectivity index (χ0n) is 10.8. The van der Waals surface area contributed by atoms with Crippen molar-refractivity contribution in [2.45, 2.75) is 31.7 Å². The fourth-order valence-corrected chi connectivity index (χ4v) is 2.49. The van der Waals surface area contributed by atoms with Gasteiger partial charge < -0.3 is 10.3 Å². The lowest BCUT2D eigenvalue weighted by molar-refractivity contribution is 0.395. The van der Waals surface area contributed by atoms with Crippen molar-refractivity contribution in [1.29, 1.82) is 0 Å². The van der Waals surface area contributed by atoms with Crippen LogP contribution in [0.1, 0.15) is 25.1 Å². The number of hydrogen-bond donors (Lipinski definition) is 2. The molecule has 7 heteroatoms. The molecule has 0 saturated carbocycles. The highest BCUT2D eigenvalue weighted by Gasteiger charge is 2.15. The number of nitrogens with zero attached hydrogens (tertiary/aromatic N) is 1. The number of hydrogen-bond acceptors (Lipinski definition) is 2. The minimum absolute atomic E-state index is 0. The molecule has 0 spiro atoms. The second kappa shape index (κ2) is 7.20. The summed E-state index contributed by atoms with van der Waals surface area (Å²) in [6.07, 6.45) is 4.34. The first kappa shape index (κ1) is 17.1. The predicted octanol–water partition coefficient (Wildman–Crippen LogP) is 3.37. The van der Waals surface area contributed by atoms with Crippen LogP contribution in [0.25, 0.3) is 11.0 Å². The monoisotopic (exact) mass is 323 g/mol. The summed E-state index contributed by atoms with van der Waals surface area (Å²) in [5, 5.41) is 3.43. The number of fused-ring (bicyclic) bond motifs is 1. The molecule has 20 heavy (non-hydrogen) atoms. The Morgan fingerprint density at radius 3 is 2.60 bits per heavy atom. The SMILES string of the molecule is Cl.Cl.Fc1cc2nc(CC3CCCCN3)[nH]c2cc1F. The zero-order chi connectivity index (χ0) is 12.5. The number of piperidine rings is 1. The normalized spacial score (nSPS) is 18.4. The van der Waals surface area contributed by atoms with Crippen LogP contribution in [0.15, 0.2) is 12.1 Å². The number of halogens is 4. The van der Waals surface area contributed by atoms with Crippen molar-refractivity contribution in [2.75, 3.05) is 6.54 Å². The summed E-state index contributed by atoms with van der Waals surface area (Å²) in [6, 6.07) is 2.71. The smallest absolute Gasteiger partial charge is 0.161 e. The molecule has 3 nitrogen and oxygen atoms in total. The minimum Gasteiger partial charge on any atom is -0.342 e. The Morgan fingerprint density at radius 1 is 1.15 bits per heavy atom. The van der Waals surface area contributed by atoms with E-state index >= 15 is 0 Å². The third kappa shape index (κ3) is 3.59.